The van der Waals surface area contributed by atoms with E-state index in [0.717, 1.165) is 5.69 Å². The first-order chi connectivity index (χ1) is 4.72. The second kappa shape index (κ2) is 2.88. The monoisotopic (exact) mass is 200 g/mol. The van der Waals surface area contributed by atoms with Gasteiger partial charge in [0, 0.05) is 5.69 Å². The lowest BCUT2D eigenvalue weighted by Crippen LogP contribution is -1.94. The summed E-state index contributed by atoms with van der Waals surface area (Å²) < 4.78 is 0.641. The molecule has 0 saturated heterocycles. The van der Waals surface area contributed by atoms with Crippen LogP contribution in [0.15, 0.2) is 10.7 Å². The zero-order valence-electron chi connectivity index (χ0n) is 5.34. The minimum Gasteiger partial charge on any atom is -0.294 e. The van der Waals surface area contributed by atoms with E-state index in [-0.39, 0.29) is 5.82 Å². The Morgan fingerprint density at radius 1 is 1.60 bits per heavy atom. The van der Waals surface area contributed by atoms with Crippen LogP contribution in [0.2, 0.25) is 0 Å². The number of carbonyl (C=O) groups is 1. The SMILES string of the molecule is Cc1cc(Br)nc(C=O)n1. The van der Waals surface area contributed by atoms with E-state index in [2.05, 4.69) is 25.9 Å². The van der Waals surface area contributed by atoms with Crippen molar-refractivity contribution in [3.05, 3.63) is 22.2 Å². The lowest BCUT2D eigenvalue weighted by molar-refractivity contribution is 0.111. The third kappa shape index (κ3) is 1.60. The van der Waals surface area contributed by atoms with Gasteiger partial charge in [-0.3, -0.25) is 4.79 Å². The van der Waals surface area contributed by atoms with E-state index in [0.29, 0.717) is 10.9 Å². The molecule has 0 aliphatic rings. The van der Waals surface area contributed by atoms with Crippen LogP contribution in [0.5, 0.6) is 0 Å². The highest BCUT2D eigenvalue weighted by Crippen LogP contribution is 2.05. The van der Waals surface area contributed by atoms with Crippen LogP contribution in [0.4, 0.5) is 0 Å². The third-order valence-corrected chi connectivity index (χ3v) is 1.35. The molecule has 10 heavy (non-hydrogen) atoms. The van der Waals surface area contributed by atoms with Gasteiger partial charge in [0.1, 0.15) is 4.60 Å². The van der Waals surface area contributed by atoms with E-state index in [1.54, 1.807) is 13.0 Å². The molecule has 1 rings (SSSR count). The molecule has 0 fully saturated rings. The van der Waals surface area contributed by atoms with E-state index in [9.17, 15) is 4.79 Å². The van der Waals surface area contributed by atoms with Gasteiger partial charge in [0.15, 0.2) is 12.1 Å². The van der Waals surface area contributed by atoms with E-state index in [1.807, 2.05) is 0 Å². The largest absolute Gasteiger partial charge is 0.294 e. The molecular weight excluding hydrogens is 196 g/mol. The summed E-state index contributed by atoms with van der Waals surface area (Å²) in [7, 11) is 0. The van der Waals surface area contributed by atoms with E-state index >= 15 is 0 Å². The molecule has 1 heterocycles. The van der Waals surface area contributed by atoms with Gasteiger partial charge < -0.3 is 0 Å². The van der Waals surface area contributed by atoms with Crippen molar-refractivity contribution >= 4 is 22.2 Å². The second-order valence-electron chi connectivity index (χ2n) is 1.81. The van der Waals surface area contributed by atoms with Crippen molar-refractivity contribution in [2.75, 3.05) is 0 Å². The van der Waals surface area contributed by atoms with Crippen molar-refractivity contribution in [1.29, 1.82) is 0 Å². The zero-order chi connectivity index (χ0) is 7.56. The summed E-state index contributed by atoms with van der Waals surface area (Å²) in [6.07, 6.45) is 0.623. The Hall–Kier alpha value is -0.770. The number of carbonyl (C=O) groups excluding carboxylic acids is 1. The Balaban J connectivity index is 3.18. The van der Waals surface area contributed by atoms with Gasteiger partial charge in [-0.25, -0.2) is 9.97 Å². The summed E-state index contributed by atoms with van der Waals surface area (Å²) in [6, 6.07) is 1.74. The number of rotatable bonds is 1. The molecule has 0 aliphatic carbocycles. The van der Waals surface area contributed by atoms with E-state index in [4.69, 9.17) is 0 Å². The number of aryl methyl sites for hydroxylation is 1. The molecule has 0 unspecified atom stereocenters. The number of aromatic nitrogens is 2. The Morgan fingerprint density at radius 3 is 2.80 bits per heavy atom. The maximum atomic E-state index is 10.2. The van der Waals surface area contributed by atoms with Crippen molar-refractivity contribution in [1.82, 2.24) is 9.97 Å². The molecule has 0 bridgehead atoms. The van der Waals surface area contributed by atoms with Gasteiger partial charge in [0.2, 0.25) is 0 Å². The molecule has 0 saturated carbocycles. The highest BCUT2D eigenvalue weighted by atomic mass is 79.9. The van der Waals surface area contributed by atoms with Crippen LogP contribution in [-0.2, 0) is 0 Å². The summed E-state index contributed by atoms with van der Waals surface area (Å²) in [5, 5.41) is 0. The van der Waals surface area contributed by atoms with Crippen molar-refractivity contribution in [2.24, 2.45) is 0 Å². The first-order valence-corrected chi connectivity index (χ1v) is 3.48. The molecule has 0 atom stereocenters. The Morgan fingerprint density at radius 2 is 2.30 bits per heavy atom. The average molecular weight is 201 g/mol. The molecule has 0 radical (unpaired) electrons. The van der Waals surface area contributed by atoms with Crippen LogP contribution in [0, 0.1) is 6.92 Å². The van der Waals surface area contributed by atoms with Crippen LogP contribution in [0.1, 0.15) is 16.3 Å². The average Bonchev–Trinajstić information content (AvgIpc) is 1.85. The maximum Gasteiger partial charge on any atom is 0.193 e. The molecule has 4 heteroatoms. The molecule has 0 spiro atoms. The van der Waals surface area contributed by atoms with Crippen LogP contribution >= 0.6 is 15.9 Å². The Bertz CT molecular complexity index is 242. The molecule has 3 nitrogen and oxygen atoms in total. The first-order valence-electron chi connectivity index (χ1n) is 2.69. The number of nitrogens with zero attached hydrogens (tertiary/aromatic N) is 2. The molecule has 52 valence electrons. The zero-order valence-corrected chi connectivity index (χ0v) is 6.92. The van der Waals surface area contributed by atoms with Crippen LogP contribution in [0.3, 0.4) is 0 Å². The highest BCUT2D eigenvalue weighted by molar-refractivity contribution is 9.10. The quantitative estimate of drug-likeness (QED) is 0.508. The normalized spacial score (nSPS) is 9.40. The summed E-state index contributed by atoms with van der Waals surface area (Å²) in [5.74, 6) is 0.215. The van der Waals surface area contributed by atoms with Gasteiger partial charge in [-0.1, -0.05) is 0 Å². The second-order valence-corrected chi connectivity index (χ2v) is 2.62. The number of hydrogen-bond donors (Lipinski definition) is 0. The lowest BCUT2D eigenvalue weighted by atomic mass is 10.4. The minimum absolute atomic E-state index is 0.215. The smallest absolute Gasteiger partial charge is 0.193 e. The fourth-order valence-electron chi connectivity index (χ4n) is 0.605. The van der Waals surface area contributed by atoms with Gasteiger partial charge >= 0.3 is 0 Å². The van der Waals surface area contributed by atoms with Gasteiger partial charge in [0.25, 0.3) is 0 Å². The van der Waals surface area contributed by atoms with Crippen LogP contribution < -0.4 is 0 Å². The molecule has 0 aliphatic heterocycles. The predicted octanol–water partition coefficient (Wildman–Crippen LogP) is 1.36. The summed E-state index contributed by atoms with van der Waals surface area (Å²) in [6.45, 7) is 1.80. The molecular formula is C6H5BrN2O. The van der Waals surface area contributed by atoms with Gasteiger partial charge in [-0.05, 0) is 28.9 Å². The van der Waals surface area contributed by atoms with Crippen molar-refractivity contribution in [3.8, 4) is 0 Å². The van der Waals surface area contributed by atoms with Gasteiger partial charge in [-0.15, -0.1) is 0 Å². The molecule has 1 aromatic rings. The summed E-state index contributed by atoms with van der Waals surface area (Å²) in [4.78, 5) is 17.8. The van der Waals surface area contributed by atoms with Gasteiger partial charge in [-0.2, -0.15) is 0 Å². The van der Waals surface area contributed by atoms with Crippen LogP contribution in [0.25, 0.3) is 0 Å². The number of hydrogen-bond acceptors (Lipinski definition) is 3. The minimum atomic E-state index is 0.215. The van der Waals surface area contributed by atoms with Crippen molar-refractivity contribution in [2.45, 2.75) is 6.92 Å². The summed E-state index contributed by atoms with van der Waals surface area (Å²) >= 11 is 3.14. The Labute approximate surface area is 66.6 Å². The van der Waals surface area contributed by atoms with Gasteiger partial charge in [0.05, 0.1) is 0 Å². The third-order valence-electron chi connectivity index (χ3n) is 0.946. The number of halogens is 1. The highest BCUT2D eigenvalue weighted by Gasteiger charge is 1.96. The lowest BCUT2D eigenvalue weighted by Gasteiger charge is -1.93. The maximum absolute atomic E-state index is 10.2. The first kappa shape index (κ1) is 7.34. The predicted molar refractivity (Wildman–Crippen MR) is 39.9 cm³/mol. The summed E-state index contributed by atoms with van der Waals surface area (Å²) in [5.41, 5.74) is 0.781. The molecule has 1 aromatic heterocycles. The fraction of sp³-hybridized carbons (Fsp3) is 0.167. The van der Waals surface area contributed by atoms with Crippen molar-refractivity contribution in [3.63, 3.8) is 0 Å². The Kier molecular flexibility index (Phi) is 2.11. The van der Waals surface area contributed by atoms with Crippen molar-refractivity contribution < 1.29 is 4.79 Å². The number of aldehydes is 1. The van der Waals surface area contributed by atoms with Crippen LogP contribution in [-0.4, -0.2) is 16.3 Å². The van der Waals surface area contributed by atoms with E-state index in [1.165, 1.54) is 0 Å². The molecule has 0 amide bonds. The van der Waals surface area contributed by atoms with E-state index < -0.39 is 0 Å². The molecule has 0 aromatic carbocycles. The topological polar surface area (TPSA) is 42.9 Å². The fourth-order valence-corrected chi connectivity index (χ4v) is 1.12. The standard InChI is InChI=1S/C6H5BrN2O/c1-4-2-5(7)9-6(3-10)8-4/h2-3H,1H3. The molecule has 0 N–H and O–H groups in total.